The lowest BCUT2D eigenvalue weighted by Gasteiger charge is -2.16. The van der Waals surface area contributed by atoms with Gasteiger partial charge >= 0.3 is 5.97 Å². The summed E-state index contributed by atoms with van der Waals surface area (Å²) in [4.78, 5) is 16.7. The van der Waals surface area contributed by atoms with Crippen LogP contribution in [0.25, 0.3) is 0 Å². The van der Waals surface area contributed by atoms with E-state index in [4.69, 9.17) is 9.72 Å². The first-order valence-electron chi connectivity index (χ1n) is 7.45. The lowest BCUT2D eigenvalue weighted by atomic mass is 9.95. The molecule has 0 saturated carbocycles. The van der Waals surface area contributed by atoms with E-state index in [0.29, 0.717) is 12.2 Å². The van der Waals surface area contributed by atoms with Crippen LogP contribution in [0.5, 0.6) is 0 Å². The van der Waals surface area contributed by atoms with Gasteiger partial charge in [-0.1, -0.05) is 19.8 Å². The summed E-state index contributed by atoms with van der Waals surface area (Å²) < 4.78 is 5.14. The topological polar surface area (TPSA) is 39.2 Å². The Morgan fingerprint density at radius 1 is 1.21 bits per heavy atom. The molecule has 0 aromatic carbocycles. The molecule has 0 saturated heterocycles. The van der Waals surface area contributed by atoms with Crippen LogP contribution in [0, 0.1) is 0 Å². The standard InChI is InChI=1S/C16H23NO2/c1-3-14-13(16(18)19-4-2)11-12-9-7-5-6-8-10-15(12)17-14/h11H,3-10H2,1-2H3. The Labute approximate surface area is 115 Å². The van der Waals surface area contributed by atoms with Crippen molar-refractivity contribution < 1.29 is 9.53 Å². The summed E-state index contributed by atoms with van der Waals surface area (Å²) in [7, 11) is 0. The molecule has 0 amide bonds. The van der Waals surface area contributed by atoms with Crippen molar-refractivity contribution in [3.05, 3.63) is 28.6 Å². The number of carbonyl (C=O) groups is 1. The molecule has 0 aliphatic heterocycles. The fourth-order valence-corrected chi connectivity index (χ4v) is 2.69. The van der Waals surface area contributed by atoms with Crippen LogP contribution in [0.1, 0.15) is 66.8 Å². The number of esters is 1. The summed E-state index contributed by atoms with van der Waals surface area (Å²) in [5, 5.41) is 0. The molecule has 0 atom stereocenters. The highest BCUT2D eigenvalue weighted by Gasteiger charge is 2.17. The second-order valence-corrected chi connectivity index (χ2v) is 5.08. The van der Waals surface area contributed by atoms with Gasteiger partial charge in [0.25, 0.3) is 0 Å². The molecule has 0 radical (unpaired) electrons. The highest BCUT2D eigenvalue weighted by molar-refractivity contribution is 5.90. The van der Waals surface area contributed by atoms with E-state index >= 15 is 0 Å². The van der Waals surface area contributed by atoms with Gasteiger partial charge in [0.15, 0.2) is 0 Å². The van der Waals surface area contributed by atoms with Crippen LogP contribution in [0.3, 0.4) is 0 Å². The summed E-state index contributed by atoms with van der Waals surface area (Å²) >= 11 is 0. The van der Waals surface area contributed by atoms with E-state index in [2.05, 4.69) is 0 Å². The molecular weight excluding hydrogens is 238 g/mol. The second kappa shape index (κ2) is 6.69. The SMILES string of the molecule is CCOC(=O)c1cc2c(nc1CC)CCCCCC2. The lowest BCUT2D eigenvalue weighted by Crippen LogP contribution is -2.13. The third-order valence-electron chi connectivity index (χ3n) is 3.71. The van der Waals surface area contributed by atoms with Gasteiger partial charge in [0.2, 0.25) is 0 Å². The molecule has 19 heavy (non-hydrogen) atoms. The molecule has 0 unspecified atom stereocenters. The van der Waals surface area contributed by atoms with E-state index < -0.39 is 0 Å². The average molecular weight is 261 g/mol. The number of aryl methyl sites for hydroxylation is 3. The fraction of sp³-hybridized carbons (Fsp3) is 0.625. The maximum Gasteiger partial charge on any atom is 0.339 e. The Bertz CT molecular complexity index is 454. The summed E-state index contributed by atoms with van der Waals surface area (Å²) in [6, 6.07) is 2.03. The number of fused-ring (bicyclic) bond motifs is 1. The summed E-state index contributed by atoms with van der Waals surface area (Å²) in [6.07, 6.45) is 7.85. The van der Waals surface area contributed by atoms with Crippen molar-refractivity contribution in [2.24, 2.45) is 0 Å². The molecule has 0 bridgehead atoms. The zero-order chi connectivity index (χ0) is 13.7. The van der Waals surface area contributed by atoms with Crippen LogP contribution in [0.15, 0.2) is 6.07 Å². The number of carbonyl (C=O) groups excluding carboxylic acids is 1. The Morgan fingerprint density at radius 2 is 1.95 bits per heavy atom. The Hall–Kier alpha value is -1.38. The van der Waals surface area contributed by atoms with Crippen molar-refractivity contribution in [3.8, 4) is 0 Å². The Morgan fingerprint density at radius 3 is 2.63 bits per heavy atom. The van der Waals surface area contributed by atoms with Crippen LogP contribution in [0.2, 0.25) is 0 Å². The van der Waals surface area contributed by atoms with Crippen molar-refractivity contribution in [1.82, 2.24) is 4.98 Å². The summed E-state index contributed by atoms with van der Waals surface area (Å²) in [5.41, 5.74) is 4.01. The molecule has 0 N–H and O–H groups in total. The van der Waals surface area contributed by atoms with Gasteiger partial charge in [-0.2, -0.15) is 0 Å². The van der Waals surface area contributed by atoms with Gasteiger partial charge in [-0.05, 0) is 50.7 Å². The Balaban J connectivity index is 2.37. The van der Waals surface area contributed by atoms with Gasteiger partial charge < -0.3 is 4.74 Å². The van der Waals surface area contributed by atoms with Crippen LogP contribution < -0.4 is 0 Å². The highest BCUT2D eigenvalue weighted by atomic mass is 16.5. The number of hydrogen-bond donors (Lipinski definition) is 0. The maximum atomic E-state index is 12.0. The zero-order valence-corrected chi connectivity index (χ0v) is 12.0. The number of ether oxygens (including phenoxy) is 1. The highest BCUT2D eigenvalue weighted by Crippen LogP contribution is 2.22. The minimum Gasteiger partial charge on any atom is -0.462 e. The first kappa shape index (κ1) is 14.0. The van der Waals surface area contributed by atoms with Crippen molar-refractivity contribution >= 4 is 5.97 Å². The first-order chi connectivity index (χ1) is 9.26. The predicted octanol–water partition coefficient (Wildman–Crippen LogP) is 3.48. The average Bonchev–Trinajstić information content (AvgIpc) is 2.39. The normalized spacial score (nSPS) is 15.3. The molecular formula is C16H23NO2. The molecule has 1 aromatic heterocycles. The van der Waals surface area contributed by atoms with Gasteiger partial charge in [-0.15, -0.1) is 0 Å². The van der Waals surface area contributed by atoms with E-state index in [1.807, 2.05) is 19.9 Å². The molecule has 1 aromatic rings. The van der Waals surface area contributed by atoms with Crippen LogP contribution >= 0.6 is 0 Å². The molecule has 1 aliphatic carbocycles. The van der Waals surface area contributed by atoms with Crippen molar-refractivity contribution in [1.29, 1.82) is 0 Å². The first-order valence-corrected chi connectivity index (χ1v) is 7.45. The summed E-state index contributed by atoms with van der Waals surface area (Å²) in [6.45, 7) is 4.30. The molecule has 2 rings (SSSR count). The van der Waals surface area contributed by atoms with Crippen molar-refractivity contribution in [2.45, 2.75) is 58.8 Å². The van der Waals surface area contributed by atoms with Crippen LogP contribution in [-0.2, 0) is 24.0 Å². The van der Waals surface area contributed by atoms with E-state index in [1.165, 1.54) is 36.9 Å². The van der Waals surface area contributed by atoms with E-state index in [9.17, 15) is 4.79 Å². The lowest BCUT2D eigenvalue weighted by molar-refractivity contribution is 0.0524. The van der Waals surface area contributed by atoms with E-state index in [-0.39, 0.29) is 5.97 Å². The summed E-state index contributed by atoms with van der Waals surface area (Å²) in [5.74, 6) is -0.225. The van der Waals surface area contributed by atoms with Crippen LogP contribution in [0.4, 0.5) is 0 Å². The maximum absolute atomic E-state index is 12.0. The zero-order valence-electron chi connectivity index (χ0n) is 12.0. The molecule has 104 valence electrons. The van der Waals surface area contributed by atoms with Crippen LogP contribution in [-0.4, -0.2) is 17.6 Å². The third-order valence-corrected chi connectivity index (χ3v) is 3.71. The molecule has 3 heteroatoms. The molecule has 1 heterocycles. The minimum atomic E-state index is -0.225. The molecule has 3 nitrogen and oxygen atoms in total. The minimum absolute atomic E-state index is 0.225. The van der Waals surface area contributed by atoms with Gasteiger partial charge in [0.1, 0.15) is 0 Å². The number of aromatic nitrogens is 1. The predicted molar refractivity (Wildman–Crippen MR) is 75.4 cm³/mol. The Kier molecular flexibility index (Phi) is 4.94. The molecule has 1 aliphatic rings. The number of pyridine rings is 1. The monoisotopic (exact) mass is 261 g/mol. The largest absolute Gasteiger partial charge is 0.462 e. The second-order valence-electron chi connectivity index (χ2n) is 5.08. The third kappa shape index (κ3) is 3.34. The number of rotatable bonds is 3. The smallest absolute Gasteiger partial charge is 0.339 e. The number of nitrogens with zero attached hydrogens (tertiary/aromatic N) is 1. The molecule has 0 fully saturated rings. The quantitative estimate of drug-likeness (QED) is 0.782. The van der Waals surface area contributed by atoms with E-state index in [1.54, 1.807) is 0 Å². The van der Waals surface area contributed by atoms with Gasteiger partial charge in [0.05, 0.1) is 17.9 Å². The fourth-order valence-electron chi connectivity index (χ4n) is 2.69. The molecule has 0 spiro atoms. The van der Waals surface area contributed by atoms with Crippen molar-refractivity contribution in [3.63, 3.8) is 0 Å². The van der Waals surface area contributed by atoms with Crippen molar-refractivity contribution in [2.75, 3.05) is 6.61 Å². The number of hydrogen-bond acceptors (Lipinski definition) is 3. The van der Waals surface area contributed by atoms with Gasteiger partial charge in [-0.3, -0.25) is 4.98 Å². The van der Waals surface area contributed by atoms with Gasteiger partial charge in [0, 0.05) is 5.69 Å². The van der Waals surface area contributed by atoms with Gasteiger partial charge in [-0.25, -0.2) is 4.79 Å². The van der Waals surface area contributed by atoms with E-state index in [0.717, 1.165) is 25.0 Å².